The van der Waals surface area contributed by atoms with Crippen molar-refractivity contribution in [1.29, 1.82) is 0 Å². The third-order valence-corrected chi connectivity index (χ3v) is 2.57. The van der Waals surface area contributed by atoms with Gasteiger partial charge in [0.1, 0.15) is 0 Å². The van der Waals surface area contributed by atoms with Gasteiger partial charge in [0.15, 0.2) is 0 Å². The summed E-state index contributed by atoms with van der Waals surface area (Å²) in [5, 5.41) is 0. The van der Waals surface area contributed by atoms with Crippen LogP contribution in [0.5, 0.6) is 0 Å². The number of benzene rings is 1. The fourth-order valence-corrected chi connectivity index (χ4v) is 1.69. The van der Waals surface area contributed by atoms with Gasteiger partial charge in [-0.2, -0.15) is 0 Å². The fourth-order valence-electron chi connectivity index (χ4n) is 1.69. The highest BCUT2D eigenvalue weighted by molar-refractivity contribution is 5.46. The zero-order valence-corrected chi connectivity index (χ0v) is 8.88. The van der Waals surface area contributed by atoms with Crippen molar-refractivity contribution in [3.8, 4) is 12.3 Å². The molecule has 0 fully saturated rings. The molecule has 1 aromatic carbocycles. The molecule has 0 nitrogen and oxygen atoms in total. The number of allylic oxidation sites excluding steroid dienone is 1. The molecule has 0 radical (unpaired) electrons. The summed E-state index contributed by atoms with van der Waals surface area (Å²) in [4.78, 5) is 0. The summed E-state index contributed by atoms with van der Waals surface area (Å²) in [7, 11) is 0. The predicted octanol–water partition coefficient (Wildman–Crippen LogP) is 3.52. The minimum atomic E-state index is 0.373. The maximum Gasteiger partial charge on any atom is 0.0277 e. The molecule has 0 saturated heterocycles. The second kappa shape index (κ2) is 4.67. The van der Waals surface area contributed by atoms with Crippen molar-refractivity contribution in [3.63, 3.8) is 0 Å². The Bertz CT molecular complexity index is 366. The average Bonchev–Trinajstić information content (AvgIpc) is 2.26. The van der Waals surface area contributed by atoms with Crippen molar-refractivity contribution in [2.24, 2.45) is 0 Å². The first-order valence-electron chi connectivity index (χ1n) is 4.95. The van der Waals surface area contributed by atoms with E-state index < -0.39 is 0 Å². The first kappa shape index (κ1) is 10.6. The van der Waals surface area contributed by atoms with Gasteiger partial charge in [0.25, 0.3) is 0 Å². The number of rotatable bonds is 3. The van der Waals surface area contributed by atoms with E-state index in [-0.39, 0.29) is 0 Å². The molecule has 0 heterocycles. The van der Waals surface area contributed by atoms with Crippen molar-refractivity contribution in [1.82, 2.24) is 0 Å². The first-order chi connectivity index (χ1) is 6.74. The van der Waals surface area contributed by atoms with Crippen molar-refractivity contribution < 1.29 is 0 Å². The van der Waals surface area contributed by atoms with Crippen LogP contribution in [0.2, 0.25) is 0 Å². The fraction of sp³-hybridized carbons (Fsp3) is 0.286. The minimum absolute atomic E-state index is 0.373. The Balaban J connectivity index is 3.30. The molecular weight excluding hydrogens is 168 g/mol. The van der Waals surface area contributed by atoms with E-state index in [4.69, 9.17) is 6.42 Å². The van der Waals surface area contributed by atoms with E-state index in [1.165, 1.54) is 11.1 Å². The predicted molar refractivity (Wildman–Crippen MR) is 62.4 cm³/mol. The highest BCUT2D eigenvalue weighted by Gasteiger charge is 2.08. The van der Waals surface area contributed by atoms with E-state index in [0.29, 0.717) is 5.92 Å². The molecule has 0 N–H and O–H groups in total. The Morgan fingerprint density at radius 3 is 2.79 bits per heavy atom. The Morgan fingerprint density at radius 1 is 1.57 bits per heavy atom. The second-order valence-corrected chi connectivity index (χ2v) is 3.40. The van der Waals surface area contributed by atoms with Gasteiger partial charge in [0.2, 0.25) is 0 Å². The van der Waals surface area contributed by atoms with Gasteiger partial charge in [-0.1, -0.05) is 38.0 Å². The van der Waals surface area contributed by atoms with Gasteiger partial charge in [-0.25, -0.2) is 0 Å². The van der Waals surface area contributed by atoms with E-state index >= 15 is 0 Å². The Hall–Kier alpha value is -1.48. The summed E-state index contributed by atoms with van der Waals surface area (Å²) >= 11 is 0. The number of hydrogen-bond acceptors (Lipinski definition) is 0. The summed E-state index contributed by atoms with van der Waals surface area (Å²) < 4.78 is 0. The van der Waals surface area contributed by atoms with E-state index in [2.05, 4.69) is 32.4 Å². The van der Waals surface area contributed by atoms with Gasteiger partial charge in [0.05, 0.1) is 0 Å². The molecule has 1 atom stereocenters. The van der Waals surface area contributed by atoms with Crippen molar-refractivity contribution >= 4 is 0 Å². The maximum atomic E-state index is 5.46. The topological polar surface area (TPSA) is 0 Å². The zero-order valence-electron chi connectivity index (χ0n) is 8.88. The van der Waals surface area contributed by atoms with E-state index in [0.717, 1.165) is 12.0 Å². The Morgan fingerprint density at radius 2 is 2.29 bits per heavy atom. The Kier molecular flexibility index (Phi) is 3.54. The monoisotopic (exact) mass is 184 g/mol. The number of hydrogen-bond donors (Lipinski definition) is 0. The highest BCUT2D eigenvalue weighted by Crippen LogP contribution is 2.23. The van der Waals surface area contributed by atoms with Crippen molar-refractivity contribution in [2.45, 2.75) is 26.2 Å². The first-order valence-corrected chi connectivity index (χ1v) is 4.95. The molecule has 1 aromatic rings. The molecule has 0 spiro atoms. The van der Waals surface area contributed by atoms with Crippen LogP contribution in [0.3, 0.4) is 0 Å². The van der Waals surface area contributed by atoms with Crippen LogP contribution in [0.1, 0.15) is 36.5 Å². The molecule has 0 aliphatic carbocycles. The van der Waals surface area contributed by atoms with Crippen LogP contribution in [0, 0.1) is 12.3 Å². The Labute approximate surface area is 86.7 Å². The molecule has 0 aliphatic heterocycles. The lowest BCUT2D eigenvalue weighted by Crippen LogP contribution is -1.98. The van der Waals surface area contributed by atoms with Gasteiger partial charge in [-0.15, -0.1) is 13.0 Å². The zero-order chi connectivity index (χ0) is 10.6. The van der Waals surface area contributed by atoms with Gasteiger partial charge >= 0.3 is 0 Å². The molecule has 0 heteroatoms. The van der Waals surface area contributed by atoms with Crippen LogP contribution in [-0.2, 0) is 6.42 Å². The summed E-state index contributed by atoms with van der Waals surface area (Å²) in [6.07, 6.45) is 8.39. The minimum Gasteiger partial charge on any atom is -0.115 e. The molecule has 0 saturated carbocycles. The molecule has 14 heavy (non-hydrogen) atoms. The SMILES string of the molecule is C#Cc1cccc(C(C)C=C)c1CC. The quantitative estimate of drug-likeness (QED) is 0.498. The van der Waals surface area contributed by atoms with Crippen molar-refractivity contribution in [3.05, 3.63) is 47.5 Å². The molecule has 0 bridgehead atoms. The summed E-state index contributed by atoms with van der Waals surface area (Å²) in [5.74, 6) is 3.10. The molecule has 0 aromatic heterocycles. The van der Waals surface area contributed by atoms with Gasteiger partial charge < -0.3 is 0 Å². The summed E-state index contributed by atoms with van der Waals surface area (Å²) in [6, 6.07) is 6.15. The van der Waals surface area contributed by atoms with Crippen LogP contribution in [-0.4, -0.2) is 0 Å². The van der Waals surface area contributed by atoms with Crippen molar-refractivity contribution in [2.75, 3.05) is 0 Å². The lowest BCUT2D eigenvalue weighted by Gasteiger charge is -2.13. The maximum absolute atomic E-state index is 5.46. The van der Waals surface area contributed by atoms with Gasteiger partial charge in [-0.3, -0.25) is 0 Å². The molecular formula is C14H16. The highest BCUT2D eigenvalue weighted by atomic mass is 14.1. The van der Waals surface area contributed by atoms with Crippen LogP contribution >= 0.6 is 0 Å². The van der Waals surface area contributed by atoms with Gasteiger partial charge in [0, 0.05) is 5.56 Å². The van der Waals surface area contributed by atoms with Crippen LogP contribution in [0.15, 0.2) is 30.9 Å². The molecule has 1 unspecified atom stereocenters. The largest absolute Gasteiger partial charge is 0.115 e. The smallest absolute Gasteiger partial charge is 0.0277 e. The van der Waals surface area contributed by atoms with Gasteiger partial charge in [-0.05, 0) is 29.5 Å². The third kappa shape index (κ3) is 1.88. The second-order valence-electron chi connectivity index (χ2n) is 3.40. The van der Waals surface area contributed by atoms with E-state index in [1.807, 2.05) is 18.2 Å². The lowest BCUT2D eigenvalue weighted by molar-refractivity contribution is 0.929. The lowest BCUT2D eigenvalue weighted by atomic mass is 9.91. The van der Waals surface area contributed by atoms with E-state index in [9.17, 15) is 0 Å². The summed E-state index contributed by atoms with van der Waals surface area (Å²) in [5.41, 5.74) is 3.60. The molecule has 0 aliphatic rings. The average molecular weight is 184 g/mol. The molecule has 72 valence electrons. The van der Waals surface area contributed by atoms with E-state index in [1.54, 1.807) is 0 Å². The normalized spacial score (nSPS) is 11.8. The standard InChI is InChI=1S/C14H16/c1-5-11(4)14-10-8-9-12(6-2)13(14)7-3/h2,5,8-11H,1,7H2,3-4H3. The van der Waals surface area contributed by atoms with Crippen LogP contribution < -0.4 is 0 Å². The number of terminal acetylenes is 1. The van der Waals surface area contributed by atoms with Crippen LogP contribution in [0.25, 0.3) is 0 Å². The van der Waals surface area contributed by atoms with Crippen LogP contribution in [0.4, 0.5) is 0 Å². The molecule has 0 amide bonds. The summed E-state index contributed by atoms with van der Waals surface area (Å²) in [6.45, 7) is 8.09. The molecule has 1 rings (SSSR count). The third-order valence-electron chi connectivity index (χ3n) is 2.57.